The van der Waals surface area contributed by atoms with E-state index in [2.05, 4.69) is 5.16 Å². The summed E-state index contributed by atoms with van der Waals surface area (Å²) >= 11 is 0. The molecule has 0 aliphatic heterocycles. The van der Waals surface area contributed by atoms with E-state index in [4.69, 9.17) is 15.2 Å². The standard InChI is InChI=1S/C10H7ClN2O5S/c11-19(16,17)6-8-5-10(18-12-8)7-1-3-9(4-2-7)13(14)15/h1-5H,6H2. The van der Waals surface area contributed by atoms with Crippen LogP contribution in [0.1, 0.15) is 5.69 Å². The fourth-order valence-electron chi connectivity index (χ4n) is 1.44. The van der Waals surface area contributed by atoms with Gasteiger partial charge in [-0.25, -0.2) is 8.42 Å². The van der Waals surface area contributed by atoms with E-state index in [1.165, 1.54) is 30.3 Å². The minimum Gasteiger partial charge on any atom is -0.356 e. The zero-order valence-corrected chi connectivity index (χ0v) is 10.9. The molecule has 7 nitrogen and oxygen atoms in total. The van der Waals surface area contributed by atoms with Crippen LogP contribution in [0.25, 0.3) is 11.3 Å². The molecule has 100 valence electrons. The van der Waals surface area contributed by atoms with Gasteiger partial charge >= 0.3 is 0 Å². The first-order valence-electron chi connectivity index (χ1n) is 4.98. The van der Waals surface area contributed by atoms with Crippen LogP contribution in [0.5, 0.6) is 0 Å². The molecule has 1 heterocycles. The molecule has 0 atom stereocenters. The fraction of sp³-hybridized carbons (Fsp3) is 0.100. The van der Waals surface area contributed by atoms with Crippen LogP contribution in [-0.4, -0.2) is 18.5 Å². The Kier molecular flexibility index (Phi) is 3.54. The highest BCUT2D eigenvalue weighted by Crippen LogP contribution is 2.24. The zero-order valence-electron chi connectivity index (χ0n) is 9.32. The number of hydrogen-bond acceptors (Lipinski definition) is 6. The second-order valence-corrected chi connectivity index (χ2v) is 6.45. The van der Waals surface area contributed by atoms with Crippen molar-refractivity contribution in [3.63, 3.8) is 0 Å². The van der Waals surface area contributed by atoms with Crippen molar-refractivity contribution in [3.05, 3.63) is 46.1 Å². The highest BCUT2D eigenvalue weighted by atomic mass is 35.7. The van der Waals surface area contributed by atoms with Crippen molar-refractivity contribution < 1.29 is 17.9 Å². The molecule has 0 bridgehead atoms. The first kappa shape index (κ1) is 13.5. The molecule has 1 aromatic heterocycles. The van der Waals surface area contributed by atoms with Gasteiger partial charge in [0.15, 0.2) is 5.76 Å². The number of rotatable bonds is 4. The number of hydrogen-bond donors (Lipinski definition) is 0. The van der Waals surface area contributed by atoms with Gasteiger partial charge in [-0.2, -0.15) is 0 Å². The van der Waals surface area contributed by atoms with Crippen molar-refractivity contribution in [1.82, 2.24) is 5.16 Å². The Morgan fingerprint density at radius 1 is 1.32 bits per heavy atom. The summed E-state index contributed by atoms with van der Waals surface area (Å²) in [6.45, 7) is 0. The Morgan fingerprint density at radius 3 is 2.47 bits per heavy atom. The van der Waals surface area contributed by atoms with Crippen LogP contribution in [-0.2, 0) is 14.8 Å². The molecule has 0 spiro atoms. The van der Waals surface area contributed by atoms with Crippen molar-refractivity contribution in [2.24, 2.45) is 0 Å². The van der Waals surface area contributed by atoms with E-state index in [1.807, 2.05) is 0 Å². The third-order valence-electron chi connectivity index (χ3n) is 2.24. The zero-order chi connectivity index (χ0) is 14.0. The van der Waals surface area contributed by atoms with Gasteiger partial charge in [0.1, 0.15) is 11.4 Å². The van der Waals surface area contributed by atoms with Crippen LogP contribution >= 0.6 is 10.7 Å². The molecule has 0 N–H and O–H groups in total. The number of halogens is 1. The summed E-state index contributed by atoms with van der Waals surface area (Å²) in [6.07, 6.45) is 0. The Hall–Kier alpha value is -1.93. The highest BCUT2D eigenvalue weighted by Gasteiger charge is 2.14. The van der Waals surface area contributed by atoms with Crippen LogP contribution in [0.3, 0.4) is 0 Å². The van der Waals surface area contributed by atoms with Gasteiger partial charge in [0.25, 0.3) is 5.69 Å². The third-order valence-corrected chi connectivity index (χ3v) is 3.21. The van der Waals surface area contributed by atoms with Crippen molar-refractivity contribution in [1.29, 1.82) is 0 Å². The molecule has 0 saturated carbocycles. The molecule has 0 aliphatic carbocycles. The van der Waals surface area contributed by atoms with Crippen molar-refractivity contribution in [3.8, 4) is 11.3 Å². The fourth-order valence-corrected chi connectivity index (χ4v) is 2.26. The molecule has 0 fully saturated rings. The number of nitro benzene ring substituents is 1. The summed E-state index contributed by atoms with van der Waals surface area (Å²) < 4.78 is 26.7. The largest absolute Gasteiger partial charge is 0.356 e. The molecule has 2 rings (SSSR count). The molecular formula is C10H7ClN2O5S. The molecule has 0 aliphatic rings. The molecule has 0 amide bonds. The number of nitro groups is 1. The average Bonchev–Trinajstić information content (AvgIpc) is 2.75. The van der Waals surface area contributed by atoms with E-state index < -0.39 is 19.7 Å². The second-order valence-electron chi connectivity index (χ2n) is 3.67. The SMILES string of the molecule is O=[N+]([O-])c1ccc(-c2cc(CS(=O)(=O)Cl)no2)cc1. The van der Waals surface area contributed by atoms with Crippen LogP contribution < -0.4 is 0 Å². The van der Waals surface area contributed by atoms with Crippen LogP contribution in [0, 0.1) is 10.1 Å². The predicted octanol–water partition coefficient (Wildman–Crippen LogP) is 2.32. The van der Waals surface area contributed by atoms with Gasteiger partial charge in [0, 0.05) is 34.4 Å². The normalized spacial score (nSPS) is 11.4. The monoisotopic (exact) mass is 302 g/mol. The average molecular weight is 303 g/mol. The predicted molar refractivity (Wildman–Crippen MR) is 67.1 cm³/mol. The highest BCUT2D eigenvalue weighted by molar-refractivity contribution is 8.13. The summed E-state index contributed by atoms with van der Waals surface area (Å²) in [6, 6.07) is 7.02. The summed E-state index contributed by atoms with van der Waals surface area (Å²) in [5, 5.41) is 14.1. The third kappa shape index (κ3) is 3.52. The number of non-ortho nitro benzene ring substituents is 1. The smallest absolute Gasteiger partial charge is 0.269 e. The van der Waals surface area contributed by atoms with Crippen molar-refractivity contribution >= 4 is 25.4 Å². The lowest BCUT2D eigenvalue weighted by Gasteiger charge is -1.94. The number of aromatic nitrogens is 1. The van der Waals surface area contributed by atoms with Gasteiger partial charge in [0.05, 0.1) is 4.92 Å². The summed E-state index contributed by atoms with van der Waals surface area (Å²) in [7, 11) is 1.39. The molecule has 0 saturated heterocycles. The van der Waals surface area contributed by atoms with Crippen LogP contribution in [0.2, 0.25) is 0 Å². The van der Waals surface area contributed by atoms with Gasteiger partial charge < -0.3 is 4.52 Å². The van der Waals surface area contributed by atoms with Crippen LogP contribution in [0.15, 0.2) is 34.9 Å². The van der Waals surface area contributed by atoms with Gasteiger partial charge in [0.2, 0.25) is 9.05 Å². The van der Waals surface area contributed by atoms with E-state index >= 15 is 0 Å². The van der Waals surface area contributed by atoms with Gasteiger partial charge in [-0.05, 0) is 12.1 Å². The van der Waals surface area contributed by atoms with E-state index in [0.717, 1.165) is 0 Å². The van der Waals surface area contributed by atoms with E-state index in [0.29, 0.717) is 11.3 Å². The summed E-state index contributed by atoms with van der Waals surface area (Å²) in [5.41, 5.74) is 0.673. The summed E-state index contributed by atoms with van der Waals surface area (Å²) in [5.74, 6) is -0.129. The van der Waals surface area contributed by atoms with Gasteiger partial charge in [-0.3, -0.25) is 10.1 Å². The van der Waals surface area contributed by atoms with E-state index in [9.17, 15) is 18.5 Å². The topological polar surface area (TPSA) is 103 Å². The number of benzene rings is 1. The molecule has 1 aromatic carbocycles. The van der Waals surface area contributed by atoms with Crippen molar-refractivity contribution in [2.75, 3.05) is 0 Å². The molecule has 9 heteroatoms. The first-order chi connectivity index (χ1) is 8.85. The lowest BCUT2D eigenvalue weighted by molar-refractivity contribution is -0.384. The maximum atomic E-state index is 10.9. The lowest BCUT2D eigenvalue weighted by atomic mass is 10.1. The lowest BCUT2D eigenvalue weighted by Crippen LogP contribution is -1.94. The molecular weight excluding hydrogens is 296 g/mol. The summed E-state index contributed by atoms with van der Waals surface area (Å²) in [4.78, 5) is 9.98. The molecule has 2 aromatic rings. The van der Waals surface area contributed by atoms with Gasteiger partial charge in [-0.15, -0.1) is 0 Å². The van der Waals surface area contributed by atoms with E-state index in [1.54, 1.807) is 0 Å². The Balaban J connectivity index is 2.25. The first-order valence-corrected chi connectivity index (χ1v) is 7.46. The Morgan fingerprint density at radius 2 is 1.95 bits per heavy atom. The Bertz CT molecular complexity index is 708. The van der Waals surface area contributed by atoms with Gasteiger partial charge in [-0.1, -0.05) is 5.16 Å². The Labute approximate surface area is 112 Å². The minimum absolute atomic E-state index is 0.0492. The van der Waals surface area contributed by atoms with Crippen molar-refractivity contribution in [2.45, 2.75) is 5.75 Å². The molecule has 0 unspecified atom stereocenters. The molecule has 0 radical (unpaired) electrons. The number of nitrogens with zero attached hydrogens (tertiary/aromatic N) is 2. The quantitative estimate of drug-likeness (QED) is 0.487. The molecule has 19 heavy (non-hydrogen) atoms. The second kappa shape index (κ2) is 4.98. The van der Waals surface area contributed by atoms with Crippen LogP contribution in [0.4, 0.5) is 5.69 Å². The maximum absolute atomic E-state index is 10.9. The minimum atomic E-state index is -3.70. The van der Waals surface area contributed by atoms with E-state index in [-0.39, 0.29) is 11.4 Å². The maximum Gasteiger partial charge on any atom is 0.269 e.